The molecule has 0 bridgehead atoms. The normalized spacial score (nSPS) is 36.3. The van der Waals surface area contributed by atoms with Crippen LogP contribution < -0.4 is 0 Å². The van der Waals surface area contributed by atoms with Crippen LogP contribution in [0.1, 0.15) is 0 Å². The molecule has 2 nitrogen and oxygen atoms in total. The molecule has 0 spiro atoms. The third kappa shape index (κ3) is 0.391. The van der Waals surface area contributed by atoms with Gasteiger partial charge in [-0.15, -0.1) is 6.20 Å². The number of likely N-dealkylation sites (N-methyl/N-ethyl adjacent to an activating group) is 1. The van der Waals surface area contributed by atoms with Crippen molar-refractivity contribution in [1.29, 1.82) is 0 Å². The summed E-state index contributed by atoms with van der Waals surface area (Å²) in [6.45, 7) is 0. The van der Waals surface area contributed by atoms with Crippen LogP contribution in [0, 0.1) is 0 Å². The zero-order valence-corrected chi connectivity index (χ0v) is 6.28. The van der Waals surface area contributed by atoms with Crippen molar-refractivity contribution in [3.8, 4) is 0 Å². The molecule has 0 aromatic carbocycles. The molecule has 0 aliphatic carbocycles. The minimum absolute atomic E-state index is 0.806. The summed E-state index contributed by atoms with van der Waals surface area (Å²) in [4.78, 5) is 0. The van der Waals surface area contributed by atoms with Crippen molar-refractivity contribution in [2.75, 3.05) is 7.05 Å². The molecule has 11 heavy (non-hydrogen) atoms. The van der Waals surface area contributed by atoms with Crippen molar-refractivity contribution in [2.24, 2.45) is 0 Å². The van der Waals surface area contributed by atoms with Gasteiger partial charge in [0.2, 0.25) is 0 Å². The third-order valence-electron chi connectivity index (χ3n) is 2.65. The lowest BCUT2D eigenvalue weighted by Gasteiger charge is -2.29. The minimum Gasteiger partial charge on any atom is -0.611 e. The van der Waals surface area contributed by atoms with Crippen LogP contribution in [0.5, 0.6) is 0 Å². The van der Waals surface area contributed by atoms with Crippen LogP contribution in [0.4, 0.5) is 0 Å². The van der Waals surface area contributed by atoms with Crippen LogP contribution in [0.2, 0.25) is 0 Å². The summed E-state index contributed by atoms with van der Waals surface area (Å²) in [7, 11) is 2.17. The predicted molar refractivity (Wildman–Crippen MR) is 42.9 cm³/mol. The van der Waals surface area contributed by atoms with Gasteiger partial charge in [0.25, 0.3) is 0 Å². The van der Waals surface area contributed by atoms with E-state index in [1.165, 1.54) is 11.4 Å². The second kappa shape index (κ2) is 1.34. The molecule has 3 aliphatic heterocycles. The Bertz CT molecular complexity index is 358. The van der Waals surface area contributed by atoms with Gasteiger partial charge in [-0.05, 0) is 6.08 Å². The van der Waals surface area contributed by atoms with E-state index in [1.807, 2.05) is 6.20 Å². The highest BCUT2D eigenvalue weighted by molar-refractivity contribution is 5.48. The first kappa shape index (κ1) is 5.38. The molecule has 0 saturated heterocycles. The number of hydrogen-bond donors (Lipinski definition) is 0. The van der Waals surface area contributed by atoms with E-state index in [0.29, 0.717) is 0 Å². The molecular weight excluding hydrogens is 136 g/mol. The molecule has 54 valence electrons. The first-order valence-electron chi connectivity index (χ1n) is 3.71. The molecule has 0 aromatic heterocycles. The Hall–Kier alpha value is -1.28. The van der Waals surface area contributed by atoms with E-state index < -0.39 is 0 Å². The highest BCUT2D eigenvalue weighted by atomic mass is 15.5. The van der Waals surface area contributed by atoms with E-state index in [9.17, 15) is 0 Å². The Kier molecular flexibility index (Phi) is 0.654. The van der Waals surface area contributed by atoms with Gasteiger partial charge in [0.1, 0.15) is 11.4 Å². The van der Waals surface area contributed by atoms with Gasteiger partial charge >= 0.3 is 0 Å². The monoisotopic (exact) mass is 144 g/mol. The van der Waals surface area contributed by atoms with Gasteiger partial charge in [-0.1, -0.05) is 0 Å². The average molecular weight is 144 g/mol. The Morgan fingerprint density at radius 1 is 1.18 bits per heavy atom. The maximum atomic E-state index is 4.32. The van der Waals surface area contributed by atoms with Crippen LogP contribution in [0.3, 0.4) is 0 Å². The third-order valence-corrected chi connectivity index (χ3v) is 2.65. The molecule has 0 radical (unpaired) electrons. The van der Waals surface area contributed by atoms with E-state index >= 15 is 0 Å². The van der Waals surface area contributed by atoms with Gasteiger partial charge < -0.3 is 5.32 Å². The molecule has 0 amide bonds. The number of rotatable bonds is 0. The fraction of sp³-hybridized carbons (Fsp3) is 0.111. The number of allylic oxidation sites excluding steroid dienone is 4. The van der Waals surface area contributed by atoms with Crippen LogP contribution in [-0.4, -0.2) is 11.5 Å². The molecular formula is C9H8N2. The standard InChI is InChI=1S/C9H8N2/c1-11-7-2-3-8(11)6-10-9(11)5-4-7/h2-6H,1H3. The fourth-order valence-corrected chi connectivity index (χ4v) is 1.85. The van der Waals surface area contributed by atoms with Crippen LogP contribution in [-0.2, 0) is 0 Å². The Morgan fingerprint density at radius 2 is 2.00 bits per heavy atom. The summed E-state index contributed by atoms with van der Waals surface area (Å²) in [5, 5.41) is 4.32. The zero-order chi connectivity index (χ0) is 7.47. The van der Waals surface area contributed by atoms with E-state index in [4.69, 9.17) is 0 Å². The molecule has 2 heteroatoms. The second-order valence-electron chi connectivity index (χ2n) is 3.14. The lowest BCUT2D eigenvalue weighted by molar-refractivity contribution is -0.774. The summed E-state index contributed by atoms with van der Waals surface area (Å²) in [6, 6.07) is 0. The summed E-state index contributed by atoms with van der Waals surface area (Å²) in [6.07, 6.45) is 10.5. The van der Waals surface area contributed by atoms with E-state index in [1.54, 1.807) is 0 Å². The largest absolute Gasteiger partial charge is 0.611 e. The first-order chi connectivity index (χ1) is 5.32. The quantitative estimate of drug-likeness (QED) is 0.461. The lowest BCUT2D eigenvalue weighted by Crippen LogP contribution is -2.31. The SMILES string of the molecule is C[N+]12C3=CC=C1[N-]C=C2C=C3. The van der Waals surface area contributed by atoms with Gasteiger partial charge in [-0.2, -0.15) is 0 Å². The minimum atomic E-state index is 0.806. The Labute approximate surface area is 65.4 Å². The zero-order valence-electron chi connectivity index (χ0n) is 6.28. The first-order valence-corrected chi connectivity index (χ1v) is 3.71. The summed E-state index contributed by atoms with van der Waals surface area (Å²) in [5.74, 6) is 1.14. The molecule has 0 N–H and O–H groups in total. The van der Waals surface area contributed by atoms with E-state index in [2.05, 4.69) is 36.7 Å². The molecule has 0 saturated carbocycles. The molecule has 1 atom stereocenters. The average Bonchev–Trinajstić information content (AvgIpc) is 2.53. The van der Waals surface area contributed by atoms with Crippen molar-refractivity contribution in [3.05, 3.63) is 53.0 Å². The fourth-order valence-electron chi connectivity index (χ4n) is 1.85. The maximum absolute atomic E-state index is 4.32. The molecule has 3 heterocycles. The van der Waals surface area contributed by atoms with Gasteiger partial charge in [0.15, 0.2) is 0 Å². The molecule has 0 fully saturated rings. The maximum Gasteiger partial charge on any atom is 0.141 e. The van der Waals surface area contributed by atoms with E-state index in [0.717, 1.165) is 10.3 Å². The smallest absolute Gasteiger partial charge is 0.141 e. The highest BCUT2D eigenvalue weighted by Gasteiger charge is 2.39. The topological polar surface area (TPSA) is 14.1 Å². The second-order valence-corrected chi connectivity index (χ2v) is 3.14. The summed E-state index contributed by atoms with van der Waals surface area (Å²) in [5.41, 5.74) is 2.60. The summed E-state index contributed by atoms with van der Waals surface area (Å²) >= 11 is 0. The van der Waals surface area contributed by atoms with Gasteiger partial charge in [0.05, 0.1) is 7.05 Å². The van der Waals surface area contributed by atoms with Crippen molar-refractivity contribution in [3.63, 3.8) is 0 Å². The number of nitrogens with zero attached hydrogens (tertiary/aromatic N) is 2. The Balaban J connectivity index is 2.36. The van der Waals surface area contributed by atoms with Crippen LogP contribution >= 0.6 is 0 Å². The van der Waals surface area contributed by atoms with Gasteiger partial charge in [-0.3, -0.25) is 0 Å². The predicted octanol–water partition coefficient (Wildman–Crippen LogP) is 1.97. The van der Waals surface area contributed by atoms with Gasteiger partial charge in [-0.25, -0.2) is 4.48 Å². The van der Waals surface area contributed by atoms with Crippen molar-refractivity contribution in [1.82, 2.24) is 0 Å². The van der Waals surface area contributed by atoms with Crippen LogP contribution in [0.15, 0.2) is 47.7 Å². The molecule has 3 rings (SSSR count). The lowest BCUT2D eigenvalue weighted by atomic mass is 10.4. The van der Waals surface area contributed by atoms with Crippen LogP contribution in [0.25, 0.3) is 5.32 Å². The van der Waals surface area contributed by atoms with Crippen molar-refractivity contribution in [2.45, 2.75) is 0 Å². The highest BCUT2D eigenvalue weighted by Crippen LogP contribution is 2.47. The van der Waals surface area contributed by atoms with Crippen molar-refractivity contribution < 1.29 is 4.48 Å². The van der Waals surface area contributed by atoms with Gasteiger partial charge in [0, 0.05) is 24.0 Å². The number of quaternary nitrogens is 1. The Morgan fingerprint density at radius 3 is 2.91 bits per heavy atom. The molecule has 0 aromatic rings. The summed E-state index contributed by atoms with van der Waals surface area (Å²) < 4.78 is 0.806. The number of hydrogen-bond acceptors (Lipinski definition) is 0. The molecule has 1 unspecified atom stereocenters. The van der Waals surface area contributed by atoms with Crippen molar-refractivity contribution >= 4 is 0 Å². The molecule has 3 aliphatic rings. The van der Waals surface area contributed by atoms with E-state index in [-0.39, 0.29) is 0 Å².